The van der Waals surface area contributed by atoms with Crippen molar-refractivity contribution < 1.29 is 67.6 Å². The number of nitrogens with one attached hydrogen (secondary N) is 1. The largest absolute Gasteiger partial charge is 0.459 e. The first-order valence-electron chi connectivity index (χ1n) is 28.7. The number of rotatable bonds is 30. The van der Waals surface area contributed by atoms with E-state index < -0.39 is 108 Å². The maximum absolute atomic E-state index is 14.8. The van der Waals surface area contributed by atoms with Crippen LogP contribution in [0.2, 0.25) is 0 Å². The highest BCUT2D eigenvalue weighted by Gasteiger charge is 2.65. The molecule has 1 aliphatic carbocycles. The first-order valence-corrected chi connectivity index (χ1v) is 28.7. The average molecular weight is 1130 g/mol. The number of carbonyl (C=O) groups is 2. The van der Waals surface area contributed by atoms with Gasteiger partial charge >= 0.3 is 11.9 Å². The zero-order chi connectivity index (χ0) is 59.1. The molecule has 22 heteroatoms. The lowest BCUT2D eigenvalue weighted by Crippen LogP contribution is -2.61. The maximum atomic E-state index is 14.8. The average Bonchev–Trinajstić information content (AvgIpc) is 3.99. The van der Waals surface area contributed by atoms with Crippen LogP contribution in [-0.2, 0) is 62.3 Å². The Balaban J connectivity index is 1.17. The fourth-order valence-electron chi connectivity index (χ4n) is 12.9. The molecule has 5 N–H and O–H groups in total. The van der Waals surface area contributed by atoms with Gasteiger partial charge in [0.05, 0.1) is 84.0 Å². The lowest BCUT2D eigenvalue weighted by atomic mass is 9.68. The second-order valence-corrected chi connectivity index (χ2v) is 24.3. The molecular weight excluding hydrogens is 1040 g/mol. The second-order valence-electron chi connectivity index (χ2n) is 24.3. The van der Waals surface area contributed by atoms with E-state index in [1.165, 1.54) is 13.8 Å². The molecule has 0 radical (unpaired) electrons. The van der Waals surface area contributed by atoms with E-state index in [0.29, 0.717) is 50.9 Å². The van der Waals surface area contributed by atoms with E-state index in [9.17, 15) is 34.4 Å². The summed E-state index contributed by atoms with van der Waals surface area (Å²) >= 11 is 0. The quantitative estimate of drug-likeness (QED) is 0.0529. The number of ether oxygens (including phenoxy) is 7. The molecule has 3 aromatic rings. The highest BCUT2D eigenvalue weighted by molar-refractivity contribution is 5.73. The van der Waals surface area contributed by atoms with Crippen LogP contribution in [0, 0.1) is 35.5 Å². The monoisotopic (exact) mass is 1130 g/mol. The molecule has 0 bridgehead atoms. The number of aliphatic hydroxyl groups excluding tert-OH is 1. The first-order chi connectivity index (χ1) is 37.6. The fourth-order valence-corrected chi connectivity index (χ4v) is 12.9. The van der Waals surface area contributed by atoms with Gasteiger partial charge in [0.2, 0.25) is 0 Å². The molecule has 0 amide bonds. The first kappa shape index (κ1) is 65.1. The Hall–Kier alpha value is -4.07. The van der Waals surface area contributed by atoms with Gasteiger partial charge in [-0.15, -0.1) is 10.2 Å². The number of alkyl halides is 1. The predicted octanol–water partition coefficient (Wildman–Crippen LogP) is 5.32. The van der Waals surface area contributed by atoms with Crippen molar-refractivity contribution in [3.8, 4) is 5.69 Å². The summed E-state index contributed by atoms with van der Waals surface area (Å²) < 4.78 is 61.5. The molecule has 21 nitrogen and oxygen atoms in total. The number of methoxy groups -OCH3 is 2. The van der Waals surface area contributed by atoms with Gasteiger partial charge in [0.15, 0.2) is 6.29 Å². The number of benzene rings is 1. The van der Waals surface area contributed by atoms with Crippen molar-refractivity contribution in [3.05, 3.63) is 53.6 Å². The van der Waals surface area contributed by atoms with Crippen molar-refractivity contribution in [1.29, 1.82) is 0 Å². The molecule has 1 aromatic carbocycles. The van der Waals surface area contributed by atoms with Crippen molar-refractivity contribution in [2.75, 3.05) is 48.1 Å². The number of likely N-dealkylation sites (N-methyl/N-ethyl adjacent to an activating group) is 1. The number of carbonyl (C=O) groups excluding carboxylic acids is 2. The number of hydrogen-bond donors (Lipinski definition) is 5. The third-order valence-corrected chi connectivity index (χ3v) is 17.8. The van der Waals surface area contributed by atoms with Gasteiger partial charge in [-0.25, -0.2) is 4.68 Å². The molecule has 1 saturated carbocycles. The third kappa shape index (κ3) is 15.4. The van der Waals surface area contributed by atoms with E-state index in [1.807, 2.05) is 79.2 Å². The van der Waals surface area contributed by atoms with Gasteiger partial charge in [-0.2, -0.15) is 0 Å². The van der Waals surface area contributed by atoms with Crippen LogP contribution in [0.15, 0.2) is 36.7 Å². The van der Waals surface area contributed by atoms with E-state index in [2.05, 4.69) is 37.8 Å². The molecule has 2 unspecified atom stereocenters. The molecule has 3 fully saturated rings. The van der Waals surface area contributed by atoms with E-state index in [0.717, 1.165) is 16.9 Å². The number of aliphatic hydroxyl groups is 4. The van der Waals surface area contributed by atoms with Crippen molar-refractivity contribution >= 4 is 11.9 Å². The molecule has 6 rings (SSSR count). The van der Waals surface area contributed by atoms with Crippen molar-refractivity contribution in [3.63, 3.8) is 0 Å². The van der Waals surface area contributed by atoms with Crippen molar-refractivity contribution in [1.82, 2.24) is 40.2 Å². The molecule has 19 atom stereocenters. The smallest absolute Gasteiger partial charge is 0.309 e. The summed E-state index contributed by atoms with van der Waals surface area (Å²) in [5.41, 5.74) is -2.88. The summed E-state index contributed by atoms with van der Waals surface area (Å²) in [4.78, 5) is 28.2. The maximum Gasteiger partial charge on any atom is 0.309 e. The van der Waals surface area contributed by atoms with E-state index in [4.69, 9.17) is 33.2 Å². The molecule has 4 heterocycles. The van der Waals surface area contributed by atoms with Crippen LogP contribution in [0.3, 0.4) is 0 Å². The van der Waals surface area contributed by atoms with Crippen LogP contribution in [-0.4, -0.2) is 187 Å². The summed E-state index contributed by atoms with van der Waals surface area (Å²) in [7, 11) is 7.02. The molecule has 2 saturated heterocycles. The molecular formula is C58H95FN8O13. The Morgan fingerprint density at radius 3 is 2.29 bits per heavy atom. The SMILES string of the molecule is CC[C@@H](OC(=O)[C@H](C)C([C@H]1C[C@@](C)(OC)[C@@H](O)[C@H](C)O1)[C@H](C)[C@@H](O[C@H]1C[C@@H](N(C)CCc2cn(C[C@H](CF)[C@H](OC)c3ccc(-n4cc(COC(C)=O)nn4)cc3)nn2)CC(C)O1)[C@](C)(O)C[C@@H](C)CNC)[C@@](C)(O)[C@@]1(O)C[C@@H]1C. The summed E-state index contributed by atoms with van der Waals surface area (Å²) in [6.45, 7) is 20.5. The Kier molecular flexibility index (Phi) is 22.4. The summed E-state index contributed by atoms with van der Waals surface area (Å²) in [5.74, 6) is -3.91. The third-order valence-electron chi connectivity index (χ3n) is 17.8. The number of esters is 2. The van der Waals surface area contributed by atoms with Crippen LogP contribution in [0.1, 0.15) is 138 Å². The molecule has 2 aliphatic heterocycles. The summed E-state index contributed by atoms with van der Waals surface area (Å²) in [6.07, 6.45) is 0.610. The van der Waals surface area contributed by atoms with Gasteiger partial charge in [-0.3, -0.25) is 18.7 Å². The summed E-state index contributed by atoms with van der Waals surface area (Å²) in [6, 6.07) is 7.39. The Morgan fingerprint density at radius 2 is 1.69 bits per heavy atom. The second kappa shape index (κ2) is 27.5. The Labute approximate surface area is 472 Å². The van der Waals surface area contributed by atoms with Crippen LogP contribution in [0.25, 0.3) is 5.69 Å². The van der Waals surface area contributed by atoms with Gasteiger partial charge in [0.1, 0.15) is 30.1 Å². The standard InChI is InChI=1S/C58H95FN8O13/c1-16-48(57(11,72)58(73)26-35(58)3)79-54(70)38(6)50(47-27-56(10,75-15)52(69)39(7)78-47)37(5)53(55(9,71)25-34(2)29-60-12)80-49-24-46(23-36(4)77-49)65(13)22-21-43-31-66(63-61-43)30-42(28-59)51(74-14)41-17-19-45(20-18-41)67-32-44(62-64-67)33-76-40(8)68/h17-20,31-32,34-39,42,46-53,60,69,71-73H,16,21-30,33H2,1-15H3/t34-,35+,36?,37+,38-,39+,42+,46+,47-,48-,49+,50?,51-,52+,53-,55-,56-,57-,58-/m1/s1. The van der Waals surface area contributed by atoms with Gasteiger partial charge in [0.25, 0.3) is 0 Å². The van der Waals surface area contributed by atoms with Gasteiger partial charge in [0, 0.05) is 71.0 Å². The molecule has 452 valence electrons. The van der Waals surface area contributed by atoms with Gasteiger partial charge < -0.3 is 63.8 Å². The zero-order valence-electron chi connectivity index (χ0n) is 50.1. The minimum absolute atomic E-state index is 0.000986. The molecule has 80 heavy (non-hydrogen) atoms. The van der Waals surface area contributed by atoms with E-state index in [1.54, 1.807) is 50.6 Å². The Bertz CT molecular complexity index is 2430. The Morgan fingerprint density at radius 1 is 1.01 bits per heavy atom. The highest BCUT2D eigenvalue weighted by Crippen LogP contribution is 2.53. The fraction of sp³-hybridized carbons (Fsp3) is 0.793. The number of aromatic nitrogens is 6. The summed E-state index contributed by atoms with van der Waals surface area (Å²) in [5, 5.41) is 67.6. The lowest BCUT2D eigenvalue weighted by Gasteiger charge is -2.51. The number of hydrogen-bond acceptors (Lipinski definition) is 19. The molecule has 0 spiro atoms. The van der Waals surface area contributed by atoms with E-state index >= 15 is 0 Å². The van der Waals surface area contributed by atoms with Crippen molar-refractivity contribution in [2.24, 2.45) is 35.5 Å². The number of halogens is 1. The van der Waals surface area contributed by atoms with Crippen molar-refractivity contribution in [2.45, 2.75) is 212 Å². The van der Waals surface area contributed by atoms with Gasteiger partial charge in [-0.05, 0) is 116 Å². The highest BCUT2D eigenvalue weighted by atomic mass is 19.1. The van der Waals surface area contributed by atoms with E-state index in [-0.39, 0.29) is 50.0 Å². The minimum Gasteiger partial charge on any atom is -0.459 e. The topological polar surface area (TPSA) is 256 Å². The predicted molar refractivity (Wildman–Crippen MR) is 295 cm³/mol. The molecule has 2 aromatic heterocycles. The normalized spacial score (nSPS) is 29.8. The van der Waals surface area contributed by atoms with Crippen LogP contribution < -0.4 is 5.32 Å². The lowest BCUT2D eigenvalue weighted by molar-refractivity contribution is -0.275. The van der Waals surface area contributed by atoms with Crippen LogP contribution in [0.5, 0.6) is 0 Å². The zero-order valence-corrected chi connectivity index (χ0v) is 50.1. The minimum atomic E-state index is -1.71. The van der Waals surface area contributed by atoms with Crippen LogP contribution in [0.4, 0.5) is 4.39 Å². The van der Waals surface area contributed by atoms with Crippen LogP contribution >= 0.6 is 0 Å². The number of nitrogens with zero attached hydrogens (tertiary/aromatic N) is 7. The molecule has 3 aliphatic rings. The van der Waals surface area contributed by atoms with Gasteiger partial charge in [-0.1, -0.05) is 57.2 Å².